The van der Waals surface area contributed by atoms with Crippen LogP contribution in [0.2, 0.25) is 0 Å². The molecular weight excluding hydrogens is 724 g/mol. The molecule has 3 fully saturated rings. The van der Waals surface area contributed by atoms with Crippen LogP contribution in [0.25, 0.3) is 6.08 Å². The number of phenols is 4. The van der Waals surface area contributed by atoms with Gasteiger partial charge in [0, 0.05) is 6.08 Å². The number of aromatic hydroxyl groups is 4. The van der Waals surface area contributed by atoms with E-state index >= 15 is 0 Å². The number of aliphatic hydroxyl groups excluding tert-OH is 7. The molecule has 3 heterocycles. The Morgan fingerprint density at radius 3 is 1.93 bits per heavy atom. The quantitative estimate of drug-likeness (QED) is 0.0622. The number of rotatable bonds is 12. The summed E-state index contributed by atoms with van der Waals surface area (Å²) in [6.07, 6.45) is -20.9. The highest BCUT2D eigenvalue weighted by Gasteiger charge is 2.54. The number of ether oxygens (including phenoxy) is 7. The minimum Gasteiger partial charge on any atom is -0.504 e. The van der Waals surface area contributed by atoms with Crippen LogP contribution in [0.15, 0.2) is 42.5 Å². The van der Waals surface area contributed by atoms with E-state index in [1.54, 1.807) is 0 Å². The number of carbonyl (C=O) groups excluding carboxylic acids is 1. The van der Waals surface area contributed by atoms with E-state index in [0.717, 1.165) is 6.08 Å². The molecule has 54 heavy (non-hydrogen) atoms. The van der Waals surface area contributed by atoms with Crippen molar-refractivity contribution in [1.29, 1.82) is 0 Å². The van der Waals surface area contributed by atoms with Gasteiger partial charge in [0.15, 0.2) is 48.0 Å². The minimum absolute atomic E-state index is 0.125. The Hall–Kier alpha value is -3.67. The highest BCUT2D eigenvalue weighted by molar-refractivity contribution is 5.87. The lowest BCUT2D eigenvalue weighted by molar-refractivity contribution is -0.375. The van der Waals surface area contributed by atoms with Crippen LogP contribution >= 0.6 is 0 Å². The molecule has 3 aliphatic rings. The van der Waals surface area contributed by atoms with Gasteiger partial charge in [0.2, 0.25) is 0 Å². The topological polar surface area (TPSA) is 304 Å². The molecule has 11 N–H and O–H groups in total. The summed E-state index contributed by atoms with van der Waals surface area (Å²) in [6.45, 7) is 1.93. The molecule has 0 amide bonds. The molecule has 19 nitrogen and oxygen atoms in total. The molecule has 3 saturated heterocycles. The first kappa shape index (κ1) is 41.5. The van der Waals surface area contributed by atoms with Gasteiger partial charge in [0.25, 0.3) is 0 Å². The Kier molecular flexibility index (Phi) is 13.7. The molecule has 300 valence electrons. The van der Waals surface area contributed by atoms with E-state index in [-0.39, 0.29) is 30.3 Å². The van der Waals surface area contributed by atoms with Crippen LogP contribution in [-0.2, 0) is 44.4 Å². The summed E-state index contributed by atoms with van der Waals surface area (Å²) in [5.74, 6) is -2.55. The Balaban J connectivity index is 1.33. The lowest BCUT2D eigenvalue weighted by Crippen LogP contribution is -2.66. The highest BCUT2D eigenvalue weighted by Crippen LogP contribution is 2.34. The first-order valence-electron chi connectivity index (χ1n) is 17.1. The van der Waals surface area contributed by atoms with Gasteiger partial charge in [-0.25, -0.2) is 4.79 Å². The fraction of sp³-hybridized carbons (Fsp3) is 0.571. The zero-order valence-corrected chi connectivity index (χ0v) is 29.1. The van der Waals surface area contributed by atoms with E-state index < -0.39 is 110 Å². The third-order valence-corrected chi connectivity index (χ3v) is 9.34. The monoisotopic (exact) mass is 770 g/mol. The van der Waals surface area contributed by atoms with Crippen LogP contribution in [0.5, 0.6) is 23.0 Å². The molecule has 0 bridgehead atoms. The van der Waals surface area contributed by atoms with E-state index in [1.165, 1.54) is 56.3 Å². The lowest BCUT2D eigenvalue weighted by Gasteiger charge is -2.48. The van der Waals surface area contributed by atoms with Gasteiger partial charge < -0.3 is 89.3 Å². The zero-order chi connectivity index (χ0) is 39.4. The number of phenolic OH excluding ortho intramolecular Hbond substituents is 4. The summed E-state index contributed by atoms with van der Waals surface area (Å²) >= 11 is 0. The summed E-state index contributed by atoms with van der Waals surface area (Å²) in [6, 6.07) is 7.88. The number of carbonyl (C=O) groups is 1. The first-order valence-corrected chi connectivity index (χ1v) is 17.1. The van der Waals surface area contributed by atoms with Crippen molar-refractivity contribution in [2.45, 2.75) is 112 Å². The van der Waals surface area contributed by atoms with Crippen molar-refractivity contribution < 1.29 is 94.1 Å². The van der Waals surface area contributed by atoms with Crippen LogP contribution in [0.3, 0.4) is 0 Å². The second-order valence-electron chi connectivity index (χ2n) is 13.2. The van der Waals surface area contributed by atoms with Crippen molar-refractivity contribution in [3.63, 3.8) is 0 Å². The van der Waals surface area contributed by atoms with Crippen LogP contribution in [0, 0.1) is 0 Å². The molecule has 2 aromatic carbocycles. The number of hydrogen-bond acceptors (Lipinski definition) is 19. The fourth-order valence-corrected chi connectivity index (χ4v) is 6.22. The van der Waals surface area contributed by atoms with Gasteiger partial charge in [-0.1, -0.05) is 12.1 Å². The standard InChI is InChI=1S/C35H46O19/c1-14-24(42)25(43)27(45)34(49-14)53-30-15(2)50-35(28(46)26(30)44)54-32-29(47)33(48-10-9-17-4-7-19(38)21(40)12-17)51-22(13-36)31(32)52-23(41)8-5-16-3-6-18(37)20(39)11-16/h3-8,11-12,14-15,22,24-40,42-47H,9-10,13H2,1-2H3/t14-,15+,22-,24-,25+,26-,27+,28-,29+,30+,31+,32+,33+,34+,35+/m1/s1. The van der Waals surface area contributed by atoms with Crippen LogP contribution in [0.4, 0.5) is 0 Å². The van der Waals surface area contributed by atoms with Gasteiger partial charge in [-0.3, -0.25) is 0 Å². The maximum Gasteiger partial charge on any atom is 0.331 e. The molecule has 5 rings (SSSR count). The molecule has 0 spiro atoms. The maximum atomic E-state index is 13.0. The normalized spacial score (nSPS) is 37.3. The summed E-state index contributed by atoms with van der Waals surface area (Å²) in [7, 11) is 0. The summed E-state index contributed by atoms with van der Waals surface area (Å²) in [4.78, 5) is 13.0. The molecule has 19 heteroatoms. The van der Waals surface area contributed by atoms with E-state index in [0.29, 0.717) is 11.1 Å². The van der Waals surface area contributed by atoms with E-state index in [1.807, 2.05) is 0 Å². The van der Waals surface area contributed by atoms with Gasteiger partial charge >= 0.3 is 5.97 Å². The average Bonchev–Trinajstić information content (AvgIpc) is 3.14. The van der Waals surface area contributed by atoms with Gasteiger partial charge in [0.05, 0.1) is 25.4 Å². The summed E-state index contributed by atoms with van der Waals surface area (Å²) in [5, 5.41) is 113. The summed E-state index contributed by atoms with van der Waals surface area (Å²) < 4.78 is 40.0. The molecule has 0 unspecified atom stereocenters. The molecule has 0 aliphatic carbocycles. The van der Waals surface area contributed by atoms with Gasteiger partial charge in [-0.2, -0.15) is 0 Å². The Labute approximate surface area is 308 Å². The van der Waals surface area contributed by atoms with Crippen molar-refractivity contribution >= 4 is 12.0 Å². The molecule has 0 saturated carbocycles. The molecule has 3 aliphatic heterocycles. The largest absolute Gasteiger partial charge is 0.504 e. The maximum absolute atomic E-state index is 13.0. The first-order chi connectivity index (χ1) is 25.6. The molecule has 2 aromatic rings. The minimum atomic E-state index is -1.91. The van der Waals surface area contributed by atoms with E-state index in [4.69, 9.17) is 33.2 Å². The van der Waals surface area contributed by atoms with E-state index in [9.17, 15) is 61.0 Å². The molecular formula is C35H46O19. The molecule has 15 atom stereocenters. The number of esters is 1. The van der Waals surface area contributed by atoms with E-state index in [2.05, 4.69) is 0 Å². The van der Waals surface area contributed by atoms with Crippen molar-refractivity contribution in [1.82, 2.24) is 0 Å². The predicted molar refractivity (Wildman–Crippen MR) is 178 cm³/mol. The number of benzene rings is 2. The SMILES string of the molecule is C[C@@H]1O[C@@H](O[C@H]2[C@H](O)[C@@H](OCCc3ccc(O)c(O)c3)O[C@H](CO)[C@@H]2OC(=O)C=Cc2ccc(O)c(O)c2)[C@H](O)[C@@H](O)[C@H]1O[C@@H]1O[C@H](C)[C@@H](O)[C@H](O)[C@@H]1O. The average molecular weight is 771 g/mol. The van der Waals surface area contributed by atoms with Gasteiger partial charge in [-0.15, -0.1) is 0 Å². The van der Waals surface area contributed by atoms with Crippen LogP contribution in [-0.4, -0.2) is 167 Å². The second-order valence-corrected chi connectivity index (χ2v) is 13.2. The highest BCUT2D eigenvalue weighted by atomic mass is 16.8. The van der Waals surface area contributed by atoms with Crippen molar-refractivity contribution in [3.05, 3.63) is 53.6 Å². The second kappa shape index (κ2) is 17.9. The zero-order valence-electron chi connectivity index (χ0n) is 29.1. The number of hydrogen-bond donors (Lipinski definition) is 11. The summed E-state index contributed by atoms with van der Waals surface area (Å²) in [5.41, 5.74) is 0.848. The lowest BCUT2D eigenvalue weighted by atomic mass is 9.96. The number of aliphatic hydroxyl groups is 7. The molecule has 0 radical (unpaired) electrons. The van der Waals surface area contributed by atoms with Crippen molar-refractivity contribution in [3.8, 4) is 23.0 Å². The Morgan fingerprint density at radius 2 is 1.28 bits per heavy atom. The van der Waals surface area contributed by atoms with Gasteiger partial charge in [0.1, 0.15) is 54.9 Å². The third-order valence-electron chi connectivity index (χ3n) is 9.34. The van der Waals surface area contributed by atoms with Crippen molar-refractivity contribution in [2.24, 2.45) is 0 Å². The Morgan fingerprint density at radius 1 is 0.667 bits per heavy atom. The van der Waals surface area contributed by atoms with Crippen molar-refractivity contribution in [2.75, 3.05) is 13.2 Å². The third kappa shape index (κ3) is 9.40. The van der Waals surface area contributed by atoms with Crippen LogP contribution < -0.4 is 0 Å². The van der Waals surface area contributed by atoms with Crippen LogP contribution in [0.1, 0.15) is 25.0 Å². The van der Waals surface area contributed by atoms with Gasteiger partial charge in [-0.05, 0) is 61.7 Å². The molecule has 0 aromatic heterocycles. The Bertz CT molecular complexity index is 1590. The predicted octanol–water partition coefficient (Wildman–Crippen LogP) is -2.16. The smallest absolute Gasteiger partial charge is 0.331 e. The fourth-order valence-electron chi connectivity index (χ4n) is 6.22.